The maximum absolute atomic E-state index is 5.31. The van der Waals surface area contributed by atoms with Crippen LogP contribution in [0.25, 0.3) is 119 Å². The van der Waals surface area contributed by atoms with Crippen molar-refractivity contribution >= 4 is 63.0 Å². The van der Waals surface area contributed by atoms with Gasteiger partial charge in [0.2, 0.25) is 0 Å². The molecule has 0 aliphatic heterocycles. The van der Waals surface area contributed by atoms with E-state index in [1.807, 2.05) is 29.5 Å². The molecule has 0 fully saturated rings. The van der Waals surface area contributed by atoms with Gasteiger partial charge in [-0.3, -0.25) is 0 Å². The number of thiophene rings is 2. The highest BCUT2D eigenvalue weighted by Crippen LogP contribution is 2.44. The summed E-state index contributed by atoms with van der Waals surface area (Å²) in [5.41, 5.74) is 12.3. The molecule has 0 amide bonds. The number of aromatic nitrogens is 3. The van der Waals surface area contributed by atoms with E-state index < -0.39 is 0 Å². The van der Waals surface area contributed by atoms with Crippen LogP contribution in [0.4, 0.5) is 0 Å². The molecular weight excluding hydrogens is 791 g/mol. The highest BCUT2D eigenvalue weighted by atomic mass is 32.1. The smallest absolute Gasteiger partial charge is 0.164 e. The van der Waals surface area contributed by atoms with Crippen molar-refractivity contribution in [2.75, 3.05) is 0 Å². The van der Waals surface area contributed by atoms with Crippen molar-refractivity contribution in [2.24, 2.45) is 0 Å². The van der Waals surface area contributed by atoms with Gasteiger partial charge >= 0.3 is 0 Å². The summed E-state index contributed by atoms with van der Waals surface area (Å²) in [6, 6.07) is 75.8. The van der Waals surface area contributed by atoms with Gasteiger partial charge in [0, 0.05) is 57.0 Å². The summed E-state index contributed by atoms with van der Waals surface area (Å²) in [5.74, 6) is 1.93. The topological polar surface area (TPSA) is 38.7 Å². The molecule has 0 saturated carbocycles. The van der Waals surface area contributed by atoms with Gasteiger partial charge in [0.1, 0.15) is 0 Å². The SMILES string of the molecule is c1ccc(-c2nc(-c3cccc(-c4ccc5sc6ccccc6c5c4)c3)nc(-c3cccc4sc5ccc(-c6ccccc6-c6ccccc6-c6ccccc6)cc5c34)n2)cc1. The minimum atomic E-state index is 0.640. The molecule has 9 aromatic carbocycles. The lowest BCUT2D eigenvalue weighted by molar-refractivity contribution is 1.08. The molecule has 290 valence electrons. The molecule has 5 heteroatoms. The highest BCUT2D eigenvalue weighted by Gasteiger charge is 2.19. The zero-order valence-corrected chi connectivity index (χ0v) is 35.0. The molecule has 3 nitrogen and oxygen atoms in total. The summed E-state index contributed by atoms with van der Waals surface area (Å²) < 4.78 is 5.01. The summed E-state index contributed by atoms with van der Waals surface area (Å²) >= 11 is 3.65. The monoisotopic (exact) mass is 825 g/mol. The molecule has 3 aromatic heterocycles. The van der Waals surface area contributed by atoms with Gasteiger partial charge in [0.25, 0.3) is 0 Å². The Morgan fingerprint density at radius 3 is 1.48 bits per heavy atom. The number of hydrogen-bond acceptors (Lipinski definition) is 5. The lowest BCUT2D eigenvalue weighted by Crippen LogP contribution is -2.00. The number of nitrogens with zero attached hydrogens (tertiary/aromatic N) is 3. The lowest BCUT2D eigenvalue weighted by Gasteiger charge is -2.15. The molecule has 12 rings (SSSR count). The van der Waals surface area contributed by atoms with Crippen LogP contribution in [0.1, 0.15) is 0 Å². The first kappa shape index (κ1) is 36.3. The minimum Gasteiger partial charge on any atom is -0.208 e. The predicted molar refractivity (Wildman–Crippen MR) is 264 cm³/mol. The third-order valence-electron chi connectivity index (χ3n) is 11.8. The van der Waals surface area contributed by atoms with Gasteiger partial charge in [-0.2, -0.15) is 0 Å². The maximum atomic E-state index is 5.31. The van der Waals surface area contributed by atoms with Crippen molar-refractivity contribution < 1.29 is 0 Å². The summed E-state index contributed by atoms with van der Waals surface area (Å²) in [5, 5.41) is 4.91. The molecule has 0 unspecified atom stereocenters. The third-order valence-corrected chi connectivity index (χ3v) is 14.1. The van der Waals surface area contributed by atoms with Crippen LogP contribution in [0.3, 0.4) is 0 Å². The molecule has 0 aliphatic rings. The van der Waals surface area contributed by atoms with Crippen molar-refractivity contribution in [1.29, 1.82) is 0 Å². The van der Waals surface area contributed by atoms with Crippen molar-refractivity contribution in [3.8, 4) is 78.7 Å². The van der Waals surface area contributed by atoms with Crippen LogP contribution in [-0.2, 0) is 0 Å². The summed E-state index contributed by atoms with van der Waals surface area (Å²) in [4.78, 5) is 15.7. The van der Waals surface area contributed by atoms with Gasteiger partial charge in [-0.15, -0.1) is 22.7 Å². The zero-order chi connectivity index (χ0) is 41.0. The van der Waals surface area contributed by atoms with Crippen LogP contribution in [0.5, 0.6) is 0 Å². The average molecular weight is 826 g/mol. The van der Waals surface area contributed by atoms with E-state index in [-0.39, 0.29) is 0 Å². The van der Waals surface area contributed by atoms with E-state index in [1.54, 1.807) is 11.3 Å². The summed E-state index contributed by atoms with van der Waals surface area (Å²) in [6.45, 7) is 0. The second-order valence-corrected chi connectivity index (χ2v) is 17.7. The third kappa shape index (κ3) is 6.38. The largest absolute Gasteiger partial charge is 0.208 e. The number of rotatable bonds is 7. The zero-order valence-electron chi connectivity index (χ0n) is 33.4. The maximum Gasteiger partial charge on any atom is 0.164 e. The van der Waals surface area contributed by atoms with E-state index in [9.17, 15) is 0 Å². The molecule has 0 radical (unpaired) electrons. The Kier molecular flexibility index (Phi) is 8.87. The Morgan fingerprint density at radius 2 is 0.710 bits per heavy atom. The van der Waals surface area contributed by atoms with Gasteiger partial charge in [0.05, 0.1) is 0 Å². The Morgan fingerprint density at radius 1 is 0.242 bits per heavy atom. The van der Waals surface area contributed by atoms with Crippen LogP contribution in [0, 0.1) is 0 Å². The Labute approximate surface area is 366 Å². The van der Waals surface area contributed by atoms with Crippen molar-refractivity contribution in [1.82, 2.24) is 15.0 Å². The van der Waals surface area contributed by atoms with Gasteiger partial charge < -0.3 is 0 Å². The standard InChI is InChI=1S/C57H35N3S2/c1-3-15-36(16-4-1)42-21-7-9-23-44(42)45-24-10-8-22-43(45)40-30-32-52-49(35-40)54-47(26-14-28-53(54)62-52)57-59-55(37-17-5-2-6-18-37)58-56(60-57)41-20-13-19-38(33-41)39-29-31-51-48(34-39)46-25-11-12-27-50(46)61-51/h1-35H. The van der Waals surface area contributed by atoms with E-state index in [0.29, 0.717) is 17.5 Å². The fraction of sp³-hybridized carbons (Fsp3) is 0. The highest BCUT2D eigenvalue weighted by molar-refractivity contribution is 7.26. The average Bonchev–Trinajstić information content (AvgIpc) is 3.92. The van der Waals surface area contributed by atoms with E-state index in [2.05, 4.69) is 194 Å². The van der Waals surface area contributed by atoms with Gasteiger partial charge in [-0.1, -0.05) is 170 Å². The molecule has 0 atom stereocenters. The second kappa shape index (κ2) is 15.2. The first-order valence-corrected chi connectivity index (χ1v) is 22.4. The van der Waals surface area contributed by atoms with Gasteiger partial charge in [-0.25, -0.2) is 15.0 Å². The van der Waals surface area contributed by atoms with Gasteiger partial charge in [0.15, 0.2) is 17.5 Å². The van der Waals surface area contributed by atoms with Crippen LogP contribution in [0.15, 0.2) is 212 Å². The van der Waals surface area contributed by atoms with E-state index in [1.165, 1.54) is 62.8 Å². The van der Waals surface area contributed by atoms with Crippen LogP contribution in [0.2, 0.25) is 0 Å². The predicted octanol–water partition coefficient (Wildman–Crippen LogP) is 16.3. The second-order valence-electron chi connectivity index (χ2n) is 15.5. The Balaban J connectivity index is 1.01. The minimum absolute atomic E-state index is 0.640. The fourth-order valence-electron chi connectivity index (χ4n) is 8.82. The first-order valence-electron chi connectivity index (χ1n) is 20.8. The molecule has 0 aliphatic carbocycles. The number of fused-ring (bicyclic) bond motifs is 6. The molecule has 0 spiro atoms. The summed E-state index contributed by atoms with van der Waals surface area (Å²) in [7, 11) is 0. The van der Waals surface area contributed by atoms with Crippen molar-refractivity contribution in [2.45, 2.75) is 0 Å². The van der Waals surface area contributed by atoms with E-state index >= 15 is 0 Å². The Hall–Kier alpha value is -7.57. The molecule has 0 N–H and O–H groups in total. The molecule has 12 aromatic rings. The molecule has 3 heterocycles. The summed E-state index contributed by atoms with van der Waals surface area (Å²) in [6.07, 6.45) is 0. The number of hydrogen-bond donors (Lipinski definition) is 0. The van der Waals surface area contributed by atoms with Crippen LogP contribution >= 0.6 is 22.7 Å². The lowest BCUT2D eigenvalue weighted by atomic mass is 9.89. The molecular formula is C57H35N3S2. The first-order chi connectivity index (χ1) is 30.7. The molecule has 62 heavy (non-hydrogen) atoms. The van der Waals surface area contributed by atoms with Crippen molar-refractivity contribution in [3.05, 3.63) is 212 Å². The Bertz CT molecular complexity index is 3640. The van der Waals surface area contributed by atoms with Crippen LogP contribution < -0.4 is 0 Å². The normalized spacial score (nSPS) is 11.5. The van der Waals surface area contributed by atoms with E-state index in [4.69, 9.17) is 15.0 Å². The molecule has 0 saturated heterocycles. The fourth-order valence-corrected chi connectivity index (χ4v) is 11.0. The van der Waals surface area contributed by atoms with Crippen LogP contribution in [-0.4, -0.2) is 15.0 Å². The molecule has 0 bridgehead atoms. The van der Waals surface area contributed by atoms with E-state index in [0.717, 1.165) is 38.8 Å². The number of benzene rings is 9. The van der Waals surface area contributed by atoms with Gasteiger partial charge in [-0.05, 0) is 87.0 Å². The quantitative estimate of drug-likeness (QED) is 0.161. The van der Waals surface area contributed by atoms with Crippen molar-refractivity contribution in [3.63, 3.8) is 0 Å².